The highest BCUT2D eigenvalue weighted by atomic mass is 35.5. The fraction of sp³-hybridized carbons (Fsp3) is 0.130. The summed E-state index contributed by atoms with van der Waals surface area (Å²) in [6, 6.07) is 15.3. The van der Waals surface area contributed by atoms with Crippen molar-refractivity contribution in [2.45, 2.75) is 20.8 Å². The first-order chi connectivity index (χ1) is 14.3. The standard InChI is InChI=1S/C23H19Cl2N3OS/c1-13-7-8-18(25)12-20(13)26-23-27-22(29)21(30-23)10-16-9-14(2)28(15(16)3)19-6-4-5-17(24)11-19/h4-12H,1-3H3,(H,26,27,29)/b21-10-. The molecule has 1 saturated heterocycles. The van der Waals surface area contributed by atoms with Crippen LogP contribution in [-0.2, 0) is 4.79 Å². The predicted molar refractivity (Wildman–Crippen MR) is 127 cm³/mol. The molecular weight excluding hydrogens is 437 g/mol. The van der Waals surface area contributed by atoms with E-state index in [1.807, 2.05) is 63.2 Å². The van der Waals surface area contributed by atoms with Crippen molar-refractivity contribution < 1.29 is 4.79 Å². The Morgan fingerprint density at radius 3 is 2.57 bits per heavy atom. The molecule has 152 valence electrons. The second-order valence-electron chi connectivity index (χ2n) is 7.05. The van der Waals surface area contributed by atoms with Crippen LogP contribution >= 0.6 is 35.0 Å². The van der Waals surface area contributed by atoms with E-state index in [2.05, 4.69) is 20.9 Å². The first kappa shape index (κ1) is 20.8. The van der Waals surface area contributed by atoms with Gasteiger partial charge in [0.1, 0.15) is 0 Å². The van der Waals surface area contributed by atoms with E-state index in [1.54, 1.807) is 6.07 Å². The molecule has 2 aromatic carbocycles. The summed E-state index contributed by atoms with van der Waals surface area (Å²) in [4.78, 5) is 17.7. The number of hydrogen-bond acceptors (Lipinski definition) is 3. The zero-order valence-corrected chi connectivity index (χ0v) is 19.0. The lowest BCUT2D eigenvalue weighted by atomic mass is 10.2. The third kappa shape index (κ3) is 4.19. The molecule has 0 radical (unpaired) electrons. The van der Waals surface area contributed by atoms with Gasteiger partial charge in [0.2, 0.25) is 0 Å². The van der Waals surface area contributed by atoms with Crippen LogP contribution in [0.1, 0.15) is 22.5 Å². The molecule has 0 unspecified atom stereocenters. The summed E-state index contributed by atoms with van der Waals surface area (Å²) in [6.45, 7) is 6.02. The van der Waals surface area contributed by atoms with E-state index in [1.165, 1.54) is 11.8 Å². The molecule has 4 rings (SSSR count). The maximum absolute atomic E-state index is 12.5. The second kappa shape index (κ2) is 8.34. The lowest BCUT2D eigenvalue weighted by Gasteiger charge is -2.09. The van der Waals surface area contributed by atoms with Crippen molar-refractivity contribution in [2.24, 2.45) is 4.99 Å². The molecule has 4 nitrogen and oxygen atoms in total. The van der Waals surface area contributed by atoms with Crippen LogP contribution in [-0.4, -0.2) is 15.6 Å². The van der Waals surface area contributed by atoms with E-state index in [-0.39, 0.29) is 5.91 Å². The number of nitrogens with zero attached hydrogens (tertiary/aromatic N) is 2. The van der Waals surface area contributed by atoms with Crippen molar-refractivity contribution in [2.75, 3.05) is 0 Å². The summed E-state index contributed by atoms with van der Waals surface area (Å²) in [6.07, 6.45) is 1.90. The summed E-state index contributed by atoms with van der Waals surface area (Å²) < 4.78 is 2.13. The number of amides is 1. The highest BCUT2D eigenvalue weighted by molar-refractivity contribution is 8.18. The molecule has 1 amide bonds. The number of thioether (sulfide) groups is 1. The Balaban J connectivity index is 1.66. The van der Waals surface area contributed by atoms with E-state index in [0.717, 1.165) is 33.9 Å². The topological polar surface area (TPSA) is 46.4 Å². The first-order valence-corrected chi connectivity index (χ1v) is 10.9. The minimum atomic E-state index is -0.161. The number of aromatic nitrogens is 1. The zero-order valence-electron chi connectivity index (χ0n) is 16.7. The fourth-order valence-electron chi connectivity index (χ4n) is 3.38. The van der Waals surface area contributed by atoms with Crippen molar-refractivity contribution in [3.05, 3.63) is 86.0 Å². The SMILES string of the molecule is Cc1ccc(Cl)cc1N=C1NC(=O)/C(=C/c2cc(C)n(-c3cccc(Cl)c3)c2C)S1. The van der Waals surface area contributed by atoms with Gasteiger partial charge < -0.3 is 9.88 Å². The number of rotatable bonds is 3. The van der Waals surface area contributed by atoms with Gasteiger partial charge in [-0.15, -0.1) is 0 Å². The lowest BCUT2D eigenvalue weighted by molar-refractivity contribution is -0.115. The van der Waals surface area contributed by atoms with Crippen LogP contribution in [0.4, 0.5) is 5.69 Å². The molecule has 0 saturated carbocycles. The van der Waals surface area contributed by atoms with Crippen LogP contribution in [0.2, 0.25) is 10.0 Å². The number of hydrogen-bond donors (Lipinski definition) is 1. The molecule has 2 heterocycles. The Hall–Kier alpha value is -2.47. The molecule has 1 aliphatic heterocycles. The molecular formula is C23H19Cl2N3OS. The van der Waals surface area contributed by atoms with Crippen LogP contribution in [0.5, 0.6) is 0 Å². The highest BCUT2D eigenvalue weighted by Crippen LogP contribution is 2.32. The molecule has 1 N–H and O–H groups in total. The zero-order chi connectivity index (χ0) is 21.4. The van der Waals surface area contributed by atoms with Gasteiger partial charge in [0, 0.05) is 27.1 Å². The number of carbonyl (C=O) groups is 1. The Kier molecular flexibility index (Phi) is 5.78. The summed E-state index contributed by atoms with van der Waals surface area (Å²) >= 11 is 13.6. The van der Waals surface area contributed by atoms with Crippen molar-refractivity contribution in [1.29, 1.82) is 0 Å². The maximum Gasteiger partial charge on any atom is 0.264 e. The molecule has 1 aromatic heterocycles. The monoisotopic (exact) mass is 455 g/mol. The molecule has 0 spiro atoms. The Morgan fingerprint density at radius 2 is 1.80 bits per heavy atom. The van der Waals surface area contributed by atoms with E-state index in [4.69, 9.17) is 23.2 Å². The van der Waals surface area contributed by atoms with Crippen molar-refractivity contribution >= 4 is 57.8 Å². The summed E-state index contributed by atoms with van der Waals surface area (Å²) in [5.74, 6) is -0.161. The number of halogens is 2. The normalized spacial score (nSPS) is 16.5. The van der Waals surface area contributed by atoms with Gasteiger partial charge in [-0.3, -0.25) is 4.79 Å². The van der Waals surface area contributed by atoms with Crippen LogP contribution in [0, 0.1) is 20.8 Å². The predicted octanol–water partition coefficient (Wildman–Crippen LogP) is 6.60. The van der Waals surface area contributed by atoms with Gasteiger partial charge >= 0.3 is 0 Å². The molecule has 1 aliphatic rings. The summed E-state index contributed by atoms with van der Waals surface area (Å²) in [5, 5.41) is 4.67. The quantitative estimate of drug-likeness (QED) is 0.452. The number of carbonyl (C=O) groups excluding carboxylic acids is 1. The molecule has 0 aliphatic carbocycles. The minimum absolute atomic E-state index is 0.161. The van der Waals surface area contributed by atoms with Gasteiger partial charge in [-0.25, -0.2) is 4.99 Å². The summed E-state index contributed by atoms with van der Waals surface area (Å²) in [7, 11) is 0. The summed E-state index contributed by atoms with van der Waals surface area (Å²) in [5.41, 5.74) is 5.80. The number of aryl methyl sites for hydroxylation is 2. The lowest BCUT2D eigenvalue weighted by Crippen LogP contribution is -2.19. The van der Waals surface area contributed by atoms with Crippen molar-refractivity contribution in [3.63, 3.8) is 0 Å². The smallest absolute Gasteiger partial charge is 0.264 e. The third-order valence-electron chi connectivity index (χ3n) is 4.87. The Morgan fingerprint density at radius 1 is 1.03 bits per heavy atom. The van der Waals surface area contributed by atoms with Gasteiger partial charge in [-0.05, 0) is 86.1 Å². The van der Waals surface area contributed by atoms with E-state index >= 15 is 0 Å². The van der Waals surface area contributed by atoms with Gasteiger partial charge in [0.15, 0.2) is 5.17 Å². The average Bonchev–Trinajstić information content (AvgIpc) is 3.17. The van der Waals surface area contributed by atoms with Crippen LogP contribution in [0.15, 0.2) is 58.4 Å². The fourth-order valence-corrected chi connectivity index (χ4v) is 4.56. The highest BCUT2D eigenvalue weighted by Gasteiger charge is 2.25. The molecule has 0 bridgehead atoms. The number of amidine groups is 1. The number of benzene rings is 2. The van der Waals surface area contributed by atoms with Crippen LogP contribution in [0.3, 0.4) is 0 Å². The van der Waals surface area contributed by atoms with E-state index in [9.17, 15) is 4.79 Å². The van der Waals surface area contributed by atoms with Gasteiger partial charge in [-0.2, -0.15) is 0 Å². The van der Waals surface area contributed by atoms with Crippen LogP contribution in [0.25, 0.3) is 11.8 Å². The Labute approximate surface area is 189 Å². The second-order valence-corrected chi connectivity index (χ2v) is 8.96. The van der Waals surface area contributed by atoms with E-state index < -0.39 is 0 Å². The molecule has 7 heteroatoms. The number of nitrogens with one attached hydrogen (secondary N) is 1. The Bertz CT molecular complexity index is 1230. The third-order valence-corrected chi connectivity index (χ3v) is 6.25. The molecule has 0 atom stereocenters. The molecule has 1 fully saturated rings. The van der Waals surface area contributed by atoms with Crippen LogP contribution < -0.4 is 5.32 Å². The molecule has 30 heavy (non-hydrogen) atoms. The van der Waals surface area contributed by atoms with Gasteiger partial charge in [0.05, 0.1) is 10.6 Å². The molecule has 3 aromatic rings. The van der Waals surface area contributed by atoms with E-state index in [0.29, 0.717) is 20.1 Å². The maximum atomic E-state index is 12.5. The first-order valence-electron chi connectivity index (χ1n) is 9.32. The van der Waals surface area contributed by atoms with Crippen molar-refractivity contribution in [3.8, 4) is 5.69 Å². The van der Waals surface area contributed by atoms with Gasteiger partial charge in [0.25, 0.3) is 5.91 Å². The number of aliphatic imine (C=N–C) groups is 1. The minimum Gasteiger partial charge on any atom is -0.318 e. The average molecular weight is 456 g/mol. The van der Waals surface area contributed by atoms with Gasteiger partial charge in [-0.1, -0.05) is 35.3 Å². The largest absolute Gasteiger partial charge is 0.318 e. The van der Waals surface area contributed by atoms with Crippen molar-refractivity contribution in [1.82, 2.24) is 9.88 Å².